The molecule has 0 bridgehead atoms. The third-order valence-electron chi connectivity index (χ3n) is 5.30. The van der Waals surface area contributed by atoms with E-state index in [9.17, 15) is 4.79 Å². The number of hydrogen-bond donors (Lipinski definition) is 1. The van der Waals surface area contributed by atoms with Gasteiger partial charge in [0.05, 0.1) is 0 Å². The Bertz CT molecular complexity index is 583. The first-order chi connectivity index (χ1) is 10.1. The van der Waals surface area contributed by atoms with Crippen molar-refractivity contribution in [3.05, 3.63) is 41.5 Å². The summed E-state index contributed by atoms with van der Waals surface area (Å²) >= 11 is 0. The largest absolute Gasteiger partial charge is 0.388 e. The van der Waals surface area contributed by atoms with Gasteiger partial charge in [0, 0.05) is 29.3 Å². The lowest BCUT2D eigenvalue weighted by atomic mass is 9.75. The molecule has 0 amide bonds. The number of fused-ring (bicyclic) bond motifs is 1. The van der Waals surface area contributed by atoms with Crippen LogP contribution in [0.3, 0.4) is 0 Å². The van der Waals surface area contributed by atoms with Crippen molar-refractivity contribution in [1.29, 1.82) is 0 Å². The minimum atomic E-state index is -0.155. The van der Waals surface area contributed by atoms with Gasteiger partial charge in [0.15, 0.2) is 5.78 Å². The Balaban J connectivity index is 1.94. The van der Waals surface area contributed by atoms with Gasteiger partial charge in [0.1, 0.15) is 0 Å². The van der Waals surface area contributed by atoms with Crippen molar-refractivity contribution in [2.45, 2.75) is 26.2 Å². The predicted octanol–water partition coefficient (Wildman–Crippen LogP) is 2.72. The summed E-state index contributed by atoms with van der Waals surface area (Å²) in [5.41, 5.74) is 3.99. The molecule has 112 valence electrons. The number of carbonyl (C=O) groups excluding carboxylic acids is 1. The van der Waals surface area contributed by atoms with E-state index in [0.29, 0.717) is 5.78 Å². The summed E-state index contributed by atoms with van der Waals surface area (Å²) in [5, 5.41) is 3.12. The lowest BCUT2D eigenvalue weighted by Gasteiger charge is -2.37. The number of rotatable bonds is 3. The summed E-state index contributed by atoms with van der Waals surface area (Å²) < 4.78 is 0. The zero-order valence-electron chi connectivity index (χ0n) is 13.0. The van der Waals surface area contributed by atoms with Gasteiger partial charge in [-0.3, -0.25) is 4.79 Å². The summed E-state index contributed by atoms with van der Waals surface area (Å²) in [6.45, 7) is 9.43. The first-order valence-corrected chi connectivity index (χ1v) is 7.87. The van der Waals surface area contributed by atoms with E-state index in [1.54, 1.807) is 0 Å². The molecule has 1 aliphatic heterocycles. The number of nitrogens with zero attached hydrogens (tertiary/aromatic N) is 1. The van der Waals surface area contributed by atoms with Crippen LogP contribution in [0.5, 0.6) is 0 Å². The summed E-state index contributed by atoms with van der Waals surface area (Å²) in [6, 6.07) is 6.05. The molecule has 0 atom stereocenters. The first-order valence-electron chi connectivity index (χ1n) is 7.87. The smallest absolute Gasteiger partial charge is 0.169 e. The van der Waals surface area contributed by atoms with Crippen LogP contribution < -0.4 is 5.32 Å². The van der Waals surface area contributed by atoms with Gasteiger partial charge in [-0.1, -0.05) is 31.7 Å². The SMILES string of the molecule is C=C(NC)c1cccc2c1CC1(CCN(CC)CC1)C2=O. The zero-order valence-corrected chi connectivity index (χ0v) is 13.0. The molecule has 1 heterocycles. The van der Waals surface area contributed by atoms with Crippen molar-refractivity contribution in [3.8, 4) is 0 Å². The predicted molar refractivity (Wildman–Crippen MR) is 86.4 cm³/mol. The molecule has 1 aromatic carbocycles. The van der Waals surface area contributed by atoms with Crippen molar-refractivity contribution >= 4 is 11.5 Å². The standard InChI is InChI=1S/C18H24N2O/c1-4-20-10-8-18(9-11-20)12-16-14(13(2)19-3)6-5-7-15(16)17(18)21/h5-7,19H,2,4,8-12H2,1,3H3. The molecule has 0 unspecified atom stereocenters. The van der Waals surface area contributed by atoms with Crippen LogP contribution in [0.4, 0.5) is 0 Å². The van der Waals surface area contributed by atoms with Crippen molar-refractivity contribution in [1.82, 2.24) is 10.2 Å². The number of nitrogens with one attached hydrogen (secondary N) is 1. The molecule has 2 aliphatic rings. The molecule has 0 radical (unpaired) electrons. The van der Waals surface area contributed by atoms with Gasteiger partial charge in [0.2, 0.25) is 0 Å². The lowest BCUT2D eigenvalue weighted by molar-refractivity contribution is 0.0643. The van der Waals surface area contributed by atoms with Crippen LogP contribution in [-0.2, 0) is 6.42 Å². The highest BCUT2D eigenvalue weighted by atomic mass is 16.1. The van der Waals surface area contributed by atoms with E-state index in [2.05, 4.69) is 29.8 Å². The number of benzene rings is 1. The fourth-order valence-electron chi connectivity index (χ4n) is 3.81. The normalized spacial score (nSPS) is 20.6. The Morgan fingerprint density at radius 1 is 1.38 bits per heavy atom. The van der Waals surface area contributed by atoms with Crippen LogP contribution >= 0.6 is 0 Å². The Labute approximate surface area is 127 Å². The van der Waals surface area contributed by atoms with E-state index >= 15 is 0 Å². The third-order valence-corrected chi connectivity index (χ3v) is 5.30. The second kappa shape index (κ2) is 5.30. The van der Waals surface area contributed by atoms with Crippen LogP contribution in [-0.4, -0.2) is 37.4 Å². The van der Waals surface area contributed by atoms with E-state index < -0.39 is 0 Å². The Kier molecular flexibility index (Phi) is 3.62. The second-order valence-electron chi connectivity index (χ2n) is 6.28. The number of Topliss-reactive ketones (excluding diaryl/α,β-unsaturated/α-hetero) is 1. The van der Waals surface area contributed by atoms with E-state index in [0.717, 1.165) is 55.7 Å². The fourth-order valence-corrected chi connectivity index (χ4v) is 3.81. The molecule has 0 aromatic heterocycles. The monoisotopic (exact) mass is 284 g/mol. The summed E-state index contributed by atoms with van der Waals surface area (Å²) in [4.78, 5) is 15.4. The Morgan fingerprint density at radius 3 is 2.71 bits per heavy atom. The topological polar surface area (TPSA) is 32.3 Å². The molecule has 3 heteroatoms. The highest BCUT2D eigenvalue weighted by Crippen LogP contribution is 2.46. The maximum atomic E-state index is 13.0. The first kappa shape index (κ1) is 14.3. The van der Waals surface area contributed by atoms with E-state index in [4.69, 9.17) is 0 Å². The number of hydrogen-bond acceptors (Lipinski definition) is 3. The van der Waals surface area contributed by atoms with Crippen molar-refractivity contribution < 1.29 is 4.79 Å². The number of carbonyl (C=O) groups is 1. The lowest BCUT2D eigenvalue weighted by Crippen LogP contribution is -2.43. The molecule has 1 saturated heterocycles. The highest BCUT2D eigenvalue weighted by molar-refractivity contribution is 6.06. The highest BCUT2D eigenvalue weighted by Gasteiger charge is 2.47. The van der Waals surface area contributed by atoms with Gasteiger partial charge in [-0.15, -0.1) is 0 Å². The minimum absolute atomic E-state index is 0.155. The second-order valence-corrected chi connectivity index (χ2v) is 6.28. The maximum Gasteiger partial charge on any atom is 0.169 e. The van der Waals surface area contributed by atoms with Gasteiger partial charge >= 0.3 is 0 Å². The van der Waals surface area contributed by atoms with E-state index in [-0.39, 0.29) is 5.41 Å². The number of ketones is 1. The molecule has 1 aromatic rings. The van der Waals surface area contributed by atoms with Gasteiger partial charge in [-0.2, -0.15) is 0 Å². The molecule has 1 N–H and O–H groups in total. The molecular weight excluding hydrogens is 260 g/mol. The quantitative estimate of drug-likeness (QED) is 0.926. The molecule has 3 rings (SSSR count). The average Bonchev–Trinajstić information content (AvgIpc) is 2.80. The van der Waals surface area contributed by atoms with Crippen LogP contribution in [0.25, 0.3) is 5.70 Å². The van der Waals surface area contributed by atoms with Crippen molar-refractivity contribution in [2.75, 3.05) is 26.7 Å². The Morgan fingerprint density at radius 2 is 2.10 bits per heavy atom. The van der Waals surface area contributed by atoms with Gasteiger partial charge in [-0.25, -0.2) is 0 Å². The molecule has 1 spiro atoms. The van der Waals surface area contributed by atoms with Gasteiger partial charge in [-0.05, 0) is 44.5 Å². The van der Waals surface area contributed by atoms with E-state index in [1.807, 2.05) is 19.2 Å². The van der Waals surface area contributed by atoms with Gasteiger partial charge in [0.25, 0.3) is 0 Å². The summed E-state index contributed by atoms with van der Waals surface area (Å²) in [6.07, 6.45) is 2.86. The van der Waals surface area contributed by atoms with Crippen LogP contribution in [0.1, 0.15) is 41.3 Å². The zero-order chi connectivity index (χ0) is 15.0. The van der Waals surface area contributed by atoms with Crippen LogP contribution in [0.2, 0.25) is 0 Å². The average molecular weight is 284 g/mol. The molecule has 21 heavy (non-hydrogen) atoms. The molecule has 0 saturated carbocycles. The number of likely N-dealkylation sites (tertiary alicyclic amines) is 1. The third kappa shape index (κ3) is 2.20. The molecule has 3 nitrogen and oxygen atoms in total. The molecular formula is C18H24N2O. The van der Waals surface area contributed by atoms with Gasteiger partial charge < -0.3 is 10.2 Å². The van der Waals surface area contributed by atoms with Crippen LogP contribution in [0.15, 0.2) is 24.8 Å². The summed E-state index contributed by atoms with van der Waals surface area (Å²) in [5.74, 6) is 0.360. The minimum Gasteiger partial charge on any atom is -0.388 e. The maximum absolute atomic E-state index is 13.0. The summed E-state index contributed by atoms with van der Waals surface area (Å²) in [7, 11) is 1.88. The Hall–Kier alpha value is -1.61. The number of piperidine rings is 1. The fraction of sp³-hybridized carbons (Fsp3) is 0.500. The molecule has 1 aliphatic carbocycles. The van der Waals surface area contributed by atoms with Crippen molar-refractivity contribution in [3.63, 3.8) is 0 Å². The molecule has 1 fully saturated rings. The van der Waals surface area contributed by atoms with E-state index in [1.165, 1.54) is 5.56 Å². The van der Waals surface area contributed by atoms with Crippen LogP contribution in [0, 0.1) is 5.41 Å². The van der Waals surface area contributed by atoms with Crippen molar-refractivity contribution in [2.24, 2.45) is 5.41 Å².